The second-order valence-electron chi connectivity index (χ2n) is 3.87. The number of nitrogens with zero attached hydrogens (tertiary/aromatic N) is 2. The SMILES string of the molecule is O=c1[nH]c(=O)n(Cc2cccc(F)c2Br)cc1[N+](=O)[O-]. The molecule has 0 saturated carbocycles. The molecule has 20 heavy (non-hydrogen) atoms. The molecule has 9 heteroatoms. The molecule has 1 aromatic heterocycles. The van der Waals surface area contributed by atoms with Crippen LogP contribution in [0.1, 0.15) is 5.56 Å². The number of nitrogens with one attached hydrogen (secondary N) is 1. The minimum atomic E-state index is -1.07. The number of halogens is 2. The van der Waals surface area contributed by atoms with Gasteiger partial charge in [-0.25, -0.2) is 9.18 Å². The summed E-state index contributed by atoms with van der Waals surface area (Å²) in [4.78, 5) is 34.4. The van der Waals surface area contributed by atoms with Crippen LogP contribution in [0, 0.1) is 15.9 Å². The number of aromatic amines is 1. The summed E-state index contributed by atoms with van der Waals surface area (Å²) < 4.78 is 14.4. The smallest absolute Gasteiger partial charge is 0.289 e. The van der Waals surface area contributed by atoms with Gasteiger partial charge in [-0.05, 0) is 27.6 Å². The number of nitro groups is 1. The number of hydrogen-bond donors (Lipinski definition) is 1. The monoisotopic (exact) mass is 343 g/mol. The van der Waals surface area contributed by atoms with Gasteiger partial charge in [-0.3, -0.25) is 24.5 Å². The lowest BCUT2D eigenvalue weighted by molar-refractivity contribution is -0.386. The number of rotatable bonds is 3. The second-order valence-corrected chi connectivity index (χ2v) is 4.66. The molecule has 0 atom stereocenters. The maximum atomic E-state index is 13.4. The first-order valence-electron chi connectivity index (χ1n) is 5.31. The molecular weight excluding hydrogens is 337 g/mol. The highest BCUT2D eigenvalue weighted by molar-refractivity contribution is 9.10. The van der Waals surface area contributed by atoms with Gasteiger partial charge in [0.05, 0.1) is 22.1 Å². The first-order valence-corrected chi connectivity index (χ1v) is 6.10. The third kappa shape index (κ3) is 2.67. The fraction of sp³-hybridized carbons (Fsp3) is 0.0909. The highest BCUT2D eigenvalue weighted by Crippen LogP contribution is 2.20. The van der Waals surface area contributed by atoms with E-state index in [1.165, 1.54) is 12.1 Å². The van der Waals surface area contributed by atoms with E-state index in [0.29, 0.717) is 5.56 Å². The Morgan fingerprint density at radius 2 is 2.10 bits per heavy atom. The molecule has 0 aliphatic heterocycles. The molecule has 7 nitrogen and oxygen atoms in total. The van der Waals surface area contributed by atoms with E-state index in [2.05, 4.69) is 15.9 Å². The molecule has 0 spiro atoms. The van der Waals surface area contributed by atoms with Crippen LogP contribution in [0.25, 0.3) is 0 Å². The van der Waals surface area contributed by atoms with Gasteiger partial charge in [-0.2, -0.15) is 0 Å². The van der Waals surface area contributed by atoms with Crippen LogP contribution in [0.15, 0.2) is 38.5 Å². The molecule has 0 fully saturated rings. The predicted octanol–water partition coefficient (Wildman–Crippen LogP) is 1.39. The van der Waals surface area contributed by atoms with Crippen molar-refractivity contribution in [2.45, 2.75) is 6.54 Å². The maximum absolute atomic E-state index is 13.4. The summed E-state index contributed by atoms with van der Waals surface area (Å²) in [5.74, 6) is -0.519. The summed E-state index contributed by atoms with van der Waals surface area (Å²) in [5, 5.41) is 10.7. The summed E-state index contributed by atoms with van der Waals surface area (Å²) >= 11 is 3.03. The normalized spacial score (nSPS) is 10.5. The van der Waals surface area contributed by atoms with Crippen molar-refractivity contribution < 1.29 is 9.31 Å². The van der Waals surface area contributed by atoms with Crippen molar-refractivity contribution in [3.05, 3.63) is 71.2 Å². The van der Waals surface area contributed by atoms with Crippen LogP contribution in [-0.4, -0.2) is 14.5 Å². The molecule has 0 aliphatic rings. The summed E-state index contributed by atoms with van der Waals surface area (Å²) in [6, 6.07) is 4.22. The third-order valence-electron chi connectivity index (χ3n) is 2.56. The molecule has 1 aromatic carbocycles. The molecule has 0 saturated heterocycles. The highest BCUT2D eigenvalue weighted by atomic mass is 79.9. The largest absolute Gasteiger partial charge is 0.350 e. The number of H-pyrrole nitrogens is 1. The van der Waals surface area contributed by atoms with Gasteiger partial charge in [0.1, 0.15) is 5.82 Å². The molecule has 0 amide bonds. The van der Waals surface area contributed by atoms with Crippen molar-refractivity contribution in [3.63, 3.8) is 0 Å². The van der Waals surface area contributed by atoms with Gasteiger partial charge >= 0.3 is 16.9 Å². The molecule has 2 aromatic rings. The fourth-order valence-electron chi connectivity index (χ4n) is 1.60. The van der Waals surface area contributed by atoms with E-state index in [9.17, 15) is 24.1 Å². The lowest BCUT2D eigenvalue weighted by Crippen LogP contribution is -2.31. The van der Waals surface area contributed by atoms with Gasteiger partial charge in [0.25, 0.3) is 0 Å². The quantitative estimate of drug-likeness (QED) is 0.672. The number of hydrogen-bond acceptors (Lipinski definition) is 4. The Hall–Kier alpha value is -2.29. The van der Waals surface area contributed by atoms with Crippen molar-refractivity contribution in [3.8, 4) is 0 Å². The van der Waals surface area contributed by atoms with Crippen molar-refractivity contribution in [1.82, 2.24) is 9.55 Å². The Balaban J connectivity index is 2.51. The molecule has 0 radical (unpaired) electrons. The fourth-order valence-corrected chi connectivity index (χ4v) is 1.99. The first-order chi connectivity index (χ1) is 9.40. The standard InChI is InChI=1S/C11H7BrFN3O4/c12-9-6(2-1-3-7(9)13)4-15-5-8(16(19)20)10(17)14-11(15)18/h1-3,5H,4H2,(H,14,17,18). The molecule has 0 bridgehead atoms. The summed E-state index contributed by atoms with van der Waals surface area (Å²) in [5.41, 5.74) is -2.23. The highest BCUT2D eigenvalue weighted by Gasteiger charge is 2.15. The van der Waals surface area contributed by atoms with Crippen LogP contribution < -0.4 is 11.2 Å². The Morgan fingerprint density at radius 1 is 1.40 bits per heavy atom. The molecule has 2 rings (SSSR count). The van der Waals surface area contributed by atoms with Crippen molar-refractivity contribution >= 4 is 21.6 Å². The Kier molecular flexibility index (Phi) is 3.79. The topological polar surface area (TPSA) is 98.0 Å². The Bertz CT molecular complexity index is 799. The minimum Gasteiger partial charge on any atom is -0.289 e. The molecule has 104 valence electrons. The Labute approximate surface area is 119 Å². The van der Waals surface area contributed by atoms with E-state index in [4.69, 9.17) is 0 Å². The van der Waals surface area contributed by atoms with E-state index >= 15 is 0 Å². The van der Waals surface area contributed by atoms with Gasteiger partial charge in [-0.15, -0.1) is 0 Å². The Morgan fingerprint density at radius 3 is 2.75 bits per heavy atom. The third-order valence-corrected chi connectivity index (χ3v) is 3.45. The molecule has 0 aliphatic carbocycles. The summed E-state index contributed by atoms with van der Waals surface area (Å²) in [6.45, 7) is -0.116. The number of aromatic nitrogens is 2. The van der Waals surface area contributed by atoms with Crippen LogP contribution in [0.2, 0.25) is 0 Å². The van der Waals surface area contributed by atoms with Crippen molar-refractivity contribution in [1.29, 1.82) is 0 Å². The van der Waals surface area contributed by atoms with Gasteiger partial charge in [0, 0.05) is 0 Å². The predicted molar refractivity (Wildman–Crippen MR) is 71.2 cm³/mol. The lowest BCUT2D eigenvalue weighted by Gasteiger charge is -2.07. The van der Waals surface area contributed by atoms with Crippen LogP contribution in [0.3, 0.4) is 0 Å². The molecule has 1 heterocycles. The number of benzene rings is 1. The molecular formula is C11H7BrFN3O4. The second kappa shape index (κ2) is 5.37. The molecule has 1 N–H and O–H groups in total. The van der Waals surface area contributed by atoms with Crippen LogP contribution in [-0.2, 0) is 6.54 Å². The van der Waals surface area contributed by atoms with E-state index in [1.54, 1.807) is 6.07 Å². The first kappa shape index (κ1) is 14.1. The van der Waals surface area contributed by atoms with Crippen molar-refractivity contribution in [2.75, 3.05) is 0 Å². The van der Waals surface area contributed by atoms with Crippen molar-refractivity contribution in [2.24, 2.45) is 0 Å². The minimum absolute atomic E-state index is 0.116. The van der Waals surface area contributed by atoms with E-state index in [1.807, 2.05) is 4.98 Å². The molecule has 0 unspecified atom stereocenters. The van der Waals surface area contributed by atoms with E-state index in [-0.39, 0.29) is 11.0 Å². The van der Waals surface area contributed by atoms with E-state index < -0.39 is 27.7 Å². The zero-order chi connectivity index (χ0) is 14.9. The average molecular weight is 344 g/mol. The van der Waals surface area contributed by atoms with Gasteiger partial charge in [-0.1, -0.05) is 12.1 Å². The van der Waals surface area contributed by atoms with Crippen LogP contribution >= 0.6 is 15.9 Å². The summed E-state index contributed by atoms with van der Waals surface area (Å²) in [6.07, 6.45) is 0.832. The average Bonchev–Trinajstić information content (AvgIpc) is 2.37. The zero-order valence-electron chi connectivity index (χ0n) is 9.80. The summed E-state index contributed by atoms with van der Waals surface area (Å²) in [7, 11) is 0. The van der Waals surface area contributed by atoms with Gasteiger partial charge < -0.3 is 0 Å². The van der Waals surface area contributed by atoms with E-state index in [0.717, 1.165) is 10.8 Å². The van der Waals surface area contributed by atoms with Crippen LogP contribution in [0.4, 0.5) is 10.1 Å². The van der Waals surface area contributed by atoms with Gasteiger partial charge in [0.2, 0.25) is 0 Å². The van der Waals surface area contributed by atoms with Gasteiger partial charge in [0.15, 0.2) is 0 Å². The zero-order valence-corrected chi connectivity index (χ0v) is 11.4. The van der Waals surface area contributed by atoms with Crippen LogP contribution in [0.5, 0.6) is 0 Å². The lowest BCUT2D eigenvalue weighted by atomic mass is 10.2. The maximum Gasteiger partial charge on any atom is 0.350 e.